The number of hydrazine groups is 1. The van der Waals surface area contributed by atoms with Gasteiger partial charge in [0.25, 0.3) is 5.91 Å². The smallest absolute Gasteiger partial charge is 0.253 e. The van der Waals surface area contributed by atoms with Crippen molar-refractivity contribution in [2.24, 2.45) is 5.92 Å². The number of nitrogens with zero attached hydrogens (tertiary/aromatic N) is 3. The standard InChI is InChI=1S/C21H20ClN3O3/c1-28-16-5-2-4-15(12-16)25-20(26)17-18(13-6-8-14(22)9-7-13)23-10-3-11-24(23)19(17)21(25)27/h2,4-9,12,17-19H,3,10-11H2,1H3/t17-,18-,19+/m0/s1. The summed E-state index contributed by atoms with van der Waals surface area (Å²) < 4.78 is 5.27. The second-order valence-corrected chi connectivity index (χ2v) is 7.80. The van der Waals surface area contributed by atoms with Crippen LogP contribution in [0.1, 0.15) is 18.0 Å². The first kappa shape index (κ1) is 17.7. The average molecular weight is 398 g/mol. The van der Waals surface area contributed by atoms with E-state index in [0.717, 1.165) is 25.1 Å². The molecule has 0 spiro atoms. The van der Waals surface area contributed by atoms with Crippen LogP contribution >= 0.6 is 11.6 Å². The highest BCUT2D eigenvalue weighted by molar-refractivity contribution is 6.30. The molecule has 7 heteroatoms. The highest BCUT2D eigenvalue weighted by Gasteiger charge is 2.62. The van der Waals surface area contributed by atoms with E-state index in [1.165, 1.54) is 4.90 Å². The SMILES string of the molecule is COc1cccc(N2C(=O)[C@@H]3[C@H](C2=O)N2CCCN2[C@H]3c2ccc(Cl)cc2)c1. The number of halogens is 1. The molecule has 3 atom stereocenters. The molecule has 3 aliphatic heterocycles. The Kier molecular flexibility index (Phi) is 4.16. The maximum atomic E-state index is 13.5. The molecule has 6 nitrogen and oxygen atoms in total. The molecule has 3 aliphatic rings. The molecule has 5 rings (SSSR count). The maximum Gasteiger partial charge on any atom is 0.253 e. The van der Waals surface area contributed by atoms with E-state index in [2.05, 4.69) is 10.0 Å². The summed E-state index contributed by atoms with van der Waals surface area (Å²) in [6.45, 7) is 1.64. The zero-order valence-corrected chi connectivity index (χ0v) is 16.2. The Morgan fingerprint density at radius 1 is 0.964 bits per heavy atom. The van der Waals surface area contributed by atoms with E-state index in [1.54, 1.807) is 31.4 Å². The van der Waals surface area contributed by atoms with Gasteiger partial charge in [-0.3, -0.25) is 9.59 Å². The van der Waals surface area contributed by atoms with Gasteiger partial charge in [-0.2, -0.15) is 0 Å². The number of benzene rings is 2. The molecule has 28 heavy (non-hydrogen) atoms. The maximum absolute atomic E-state index is 13.5. The van der Waals surface area contributed by atoms with Gasteiger partial charge in [-0.1, -0.05) is 29.8 Å². The summed E-state index contributed by atoms with van der Waals surface area (Å²) >= 11 is 6.06. The summed E-state index contributed by atoms with van der Waals surface area (Å²) in [7, 11) is 1.57. The molecule has 3 heterocycles. The molecule has 0 aliphatic carbocycles. The lowest BCUT2D eigenvalue weighted by Gasteiger charge is -2.29. The van der Waals surface area contributed by atoms with Crippen molar-refractivity contribution in [3.05, 3.63) is 59.1 Å². The van der Waals surface area contributed by atoms with Gasteiger partial charge in [-0.25, -0.2) is 14.9 Å². The van der Waals surface area contributed by atoms with Gasteiger partial charge in [0.2, 0.25) is 5.91 Å². The van der Waals surface area contributed by atoms with Crippen molar-refractivity contribution < 1.29 is 14.3 Å². The van der Waals surface area contributed by atoms with Gasteiger partial charge in [0, 0.05) is 24.2 Å². The Labute approximate surface area is 168 Å². The molecule has 2 aromatic carbocycles. The Hall–Kier alpha value is -2.41. The predicted octanol–water partition coefficient (Wildman–Crippen LogP) is 2.88. The number of hydrogen-bond donors (Lipinski definition) is 0. The van der Waals surface area contributed by atoms with Crippen molar-refractivity contribution in [2.75, 3.05) is 25.1 Å². The average Bonchev–Trinajstić information content (AvgIpc) is 3.35. The lowest BCUT2D eigenvalue weighted by Crippen LogP contribution is -2.44. The molecule has 0 N–H and O–H groups in total. The van der Waals surface area contributed by atoms with Crippen LogP contribution < -0.4 is 9.64 Å². The number of rotatable bonds is 3. The minimum atomic E-state index is -0.457. The van der Waals surface area contributed by atoms with E-state index in [-0.39, 0.29) is 17.9 Å². The molecule has 0 radical (unpaired) electrons. The quantitative estimate of drug-likeness (QED) is 0.745. The van der Waals surface area contributed by atoms with E-state index in [1.807, 2.05) is 24.3 Å². The van der Waals surface area contributed by atoms with Crippen LogP contribution in [0.3, 0.4) is 0 Å². The lowest BCUT2D eigenvalue weighted by molar-refractivity contribution is -0.126. The number of carbonyl (C=O) groups is 2. The first-order chi connectivity index (χ1) is 13.6. The van der Waals surface area contributed by atoms with Crippen LogP contribution in [0.5, 0.6) is 5.75 Å². The molecule has 0 saturated carbocycles. The Morgan fingerprint density at radius 2 is 1.68 bits per heavy atom. The molecule has 3 saturated heterocycles. The molecule has 3 fully saturated rings. The summed E-state index contributed by atoms with van der Waals surface area (Å²) in [4.78, 5) is 28.1. The monoisotopic (exact) mass is 397 g/mol. The normalized spacial score (nSPS) is 27.4. The fourth-order valence-electron chi connectivity index (χ4n) is 4.78. The first-order valence-electron chi connectivity index (χ1n) is 9.40. The molecular weight excluding hydrogens is 378 g/mol. The third-order valence-electron chi connectivity index (χ3n) is 5.93. The molecular formula is C21H20ClN3O3. The van der Waals surface area contributed by atoms with Gasteiger partial charge < -0.3 is 4.74 Å². The highest BCUT2D eigenvalue weighted by Crippen LogP contribution is 2.49. The Morgan fingerprint density at radius 3 is 2.39 bits per heavy atom. The van der Waals surface area contributed by atoms with Crippen molar-refractivity contribution in [1.29, 1.82) is 0 Å². The minimum absolute atomic E-state index is 0.155. The molecule has 0 aromatic heterocycles. The van der Waals surface area contributed by atoms with E-state index in [4.69, 9.17) is 16.3 Å². The number of methoxy groups -OCH3 is 1. The van der Waals surface area contributed by atoms with E-state index >= 15 is 0 Å². The second-order valence-electron chi connectivity index (χ2n) is 7.36. The number of imide groups is 1. The van der Waals surface area contributed by atoms with Crippen molar-refractivity contribution in [3.8, 4) is 5.75 Å². The molecule has 144 valence electrons. The summed E-state index contributed by atoms with van der Waals surface area (Å²) in [5, 5.41) is 4.94. The minimum Gasteiger partial charge on any atom is -0.497 e. The predicted molar refractivity (Wildman–Crippen MR) is 105 cm³/mol. The fraction of sp³-hybridized carbons (Fsp3) is 0.333. The zero-order chi connectivity index (χ0) is 19.4. The Bertz CT molecular complexity index is 948. The summed E-state index contributed by atoms with van der Waals surface area (Å²) in [6.07, 6.45) is 0.980. The fourth-order valence-corrected chi connectivity index (χ4v) is 4.90. The molecule has 2 amide bonds. The van der Waals surface area contributed by atoms with Crippen molar-refractivity contribution in [2.45, 2.75) is 18.5 Å². The topological polar surface area (TPSA) is 53.1 Å². The number of amides is 2. The number of carbonyl (C=O) groups excluding carboxylic acids is 2. The van der Waals surface area contributed by atoms with Crippen molar-refractivity contribution in [1.82, 2.24) is 10.0 Å². The van der Waals surface area contributed by atoms with Crippen LogP contribution in [0.25, 0.3) is 0 Å². The second kappa shape index (κ2) is 6.58. The first-order valence-corrected chi connectivity index (χ1v) is 9.78. The summed E-state index contributed by atoms with van der Waals surface area (Å²) in [6, 6.07) is 14.1. The number of anilines is 1. The summed E-state index contributed by atoms with van der Waals surface area (Å²) in [5.74, 6) is -0.128. The van der Waals surface area contributed by atoms with Crippen LogP contribution in [0.2, 0.25) is 5.02 Å². The van der Waals surface area contributed by atoms with Crippen LogP contribution in [0, 0.1) is 5.92 Å². The highest BCUT2D eigenvalue weighted by atomic mass is 35.5. The van der Waals surface area contributed by atoms with E-state index in [0.29, 0.717) is 16.5 Å². The third kappa shape index (κ3) is 2.49. The van der Waals surface area contributed by atoms with Gasteiger partial charge in [0.15, 0.2) is 0 Å². The van der Waals surface area contributed by atoms with Crippen LogP contribution in [-0.4, -0.2) is 48.1 Å². The number of fused-ring (bicyclic) bond motifs is 3. The van der Waals surface area contributed by atoms with Crippen molar-refractivity contribution >= 4 is 29.1 Å². The number of hydrogen-bond acceptors (Lipinski definition) is 5. The Balaban J connectivity index is 1.57. The van der Waals surface area contributed by atoms with Gasteiger partial charge in [-0.05, 0) is 36.2 Å². The van der Waals surface area contributed by atoms with Crippen molar-refractivity contribution in [3.63, 3.8) is 0 Å². The van der Waals surface area contributed by atoms with E-state index in [9.17, 15) is 9.59 Å². The largest absolute Gasteiger partial charge is 0.497 e. The molecule has 0 bridgehead atoms. The van der Waals surface area contributed by atoms with Crippen LogP contribution in [-0.2, 0) is 9.59 Å². The van der Waals surface area contributed by atoms with Crippen LogP contribution in [0.4, 0.5) is 5.69 Å². The van der Waals surface area contributed by atoms with Crippen LogP contribution in [0.15, 0.2) is 48.5 Å². The molecule has 0 unspecified atom stereocenters. The van der Waals surface area contributed by atoms with E-state index < -0.39 is 12.0 Å². The third-order valence-corrected chi connectivity index (χ3v) is 6.18. The van der Waals surface area contributed by atoms with Gasteiger partial charge in [0.1, 0.15) is 11.8 Å². The van der Waals surface area contributed by atoms with Gasteiger partial charge in [0.05, 0.1) is 24.8 Å². The van der Waals surface area contributed by atoms with Gasteiger partial charge >= 0.3 is 0 Å². The zero-order valence-electron chi connectivity index (χ0n) is 15.4. The summed E-state index contributed by atoms with van der Waals surface area (Å²) in [5.41, 5.74) is 1.57. The number of ether oxygens (including phenoxy) is 1. The van der Waals surface area contributed by atoms with Gasteiger partial charge in [-0.15, -0.1) is 0 Å². The lowest BCUT2D eigenvalue weighted by atomic mass is 9.90. The molecule has 2 aromatic rings.